The van der Waals surface area contributed by atoms with E-state index in [9.17, 15) is 4.79 Å². The second kappa shape index (κ2) is 7.24. The number of anilines is 2. The van der Waals surface area contributed by atoms with Crippen LogP contribution in [-0.2, 0) is 4.74 Å². The summed E-state index contributed by atoms with van der Waals surface area (Å²) in [6, 6.07) is 17.9. The molecule has 0 atom stereocenters. The average Bonchev–Trinajstić information content (AvgIpc) is 3.59. The lowest BCUT2D eigenvalue weighted by molar-refractivity contribution is 0.102. The zero-order chi connectivity index (χ0) is 18.9. The third kappa shape index (κ3) is 3.34. The number of fused-ring (bicyclic) bond motifs is 1. The van der Waals surface area contributed by atoms with E-state index >= 15 is 0 Å². The minimum Gasteiger partial charge on any atom is -0.378 e. The predicted octanol–water partition coefficient (Wildman–Crippen LogP) is 4.20. The number of pyridine rings is 1. The highest BCUT2D eigenvalue weighted by Crippen LogP contribution is 2.40. The molecule has 0 radical (unpaired) electrons. The van der Waals surface area contributed by atoms with Crippen molar-refractivity contribution in [2.75, 3.05) is 36.5 Å². The van der Waals surface area contributed by atoms with Gasteiger partial charge in [-0.15, -0.1) is 0 Å². The Morgan fingerprint density at radius 1 is 1.04 bits per heavy atom. The molecular formula is C23H23N3O2. The Morgan fingerprint density at radius 3 is 2.61 bits per heavy atom. The number of aromatic nitrogens is 1. The van der Waals surface area contributed by atoms with E-state index in [4.69, 9.17) is 9.72 Å². The van der Waals surface area contributed by atoms with Gasteiger partial charge in [-0.05, 0) is 37.1 Å². The zero-order valence-corrected chi connectivity index (χ0v) is 15.7. The van der Waals surface area contributed by atoms with E-state index in [1.165, 1.54) is 0 Å². The molecule has 5 rings (SSSR count). The van der Waals surface area contributed by atoms with E-state index in [0.717, 1.165) is 53.9 Å². The SMILES string of the molecule is O=C(Nc1ccccc1N1CCOCC1)c1cc(C2CC2)nc2ccccc12. The number of amides is 1. The number of rotatable bonds is 4. The van der Waals surface area contributed by atoms with Gasteiger partial charge < -0.3 is 15.0 Å². The van der Waals surface area contributed by atoms with Crippen LogP contribution in [0.25, 0.3) is 10.9 Å². The molecule has 0 spiro atoms. The van der Waals surface area contributed by atoms with Gasteiger partial charge in [0, 0.05) is 30.1 Å². The minimum absolute atomic E-state index is 0.0822. The fraction of sp³-hybridized carbons (Fsp3) is 0.304. The Labute approximate surface area is 164 Å². The molecule has 1 aliphatic carbocycles. The Bertz CT molecular complexity index is 1020. The highest BCUT2D eigenvalue weighted by atomic mass is 16.5. The van der Waals surface area contributed by atoms with Crippen LogP contribution in [0.1, 0.15) is 34.8 Å². The smallest absolute Gasteiger partial charge is 0.256 e. The van der Waals surface area contributed by atoms with E-state index in [2.05, 4.69) is 16.3 Å². The van der Waals surface area contributed by atoms with Crippen molar-refractivity contribution in [2.45, 2.75) is 18.8 Å². The van der Waals surface area contributed by atoms with Crippen LogP contribution < -0.4 is 10.2 Å². The fourth-order valence-electron chi connectivity index (χ4n) is 3.82. The second-order valence-corrected chi connectivity index (χ2v) is 7.46. The number of nitrogens with one attached hydrogen (secondary N) is 1. The van der Waals surface area contributed by atoms with Crippen molar-refractivity contribution in [3.05, 3.63) is 65.9 Å². The lowest BCUT2D eigenvalue weighted by Crippen LogP contribution is -2.36. The maximum atomic E-state index is 13.3. The molecule has 1 saturated carbocycles. The zero-order valence-electron chi connectivity index (χ0n) is 15.7. The number of ether oxygens (including phenoxy) is 1. The van der Waals surface area contributed by atoms with Crippen LogP contribution in [0.2, 0.25) is 0 Å². The second-order valence-electron chi connectivity index (χ2n) is 7.46. The van der Waals surface area contributed by atoms with E-state index in [1.54, 1.807) is 0 Å². The first-order chi connectivity index (χ1) is 13.8. The van der Waals surface area contributed by atoms with Gasteiger partial charge in [0.15, 0.2) is 0 Å². The molecule has 2 fully saturated rings. The van der Waals surface area contributed by atoms with Crippen molar-refractivity contribution in [1.29, 1.82) is 0 Å². The summed E-state index contributed by atoms with van der Waals surface area (Å²) in [7, 11) is 0. The summed E-state index contributed by atoms with van der Waals surface area (Å²) >= 11 is 0. The van der Waals surface area contributed by atoms with Crippen LogP contribution in [0, 0.1) is 0 Å². The molecule has 5 nitrogen and oxygen atoms in total. The Morgan fingerprint density at radius 2 is 1.79 bits per heavy atom. The van der Waals surface area contributed by atoms with Crippen molar-refractivity contribution in [3.8, 4) is 0 Å². The van der Waals surface area contributed by atoms with Crippen LogP contribution >= 0.6 is 0 Å². The number of carbonyl (C=O) groups is 1. The molecular weight excluding hydrogens is 350 g/mol. The first-order valence-corrected chi connectivity index (χ1v) is 9.92. The monoisotopic (exact) mass is 373 g/mol. The Hall–Kier alpha value is -2.92. The van der Waals surface area contributed by atoms with Crippen LogP contribution in [0.15, 0.2) is 54.6 Å². The third-order valence-electron chi connectivity index (χ3n) is 5.48. The molecule has 1 saturated heterocycles. The Kier molecular flexibility index (Phi) is 4.45. The van der Waals surface area contributed by atoms with E-state index < -0.39 is 0 Å². The number of hydrogen-bond donors (Lipinski definition) is 1. The highest BCUT2D eigenvalue weighted by molar-refractivity contribution is 6.13. The van der Waals surface area contributed by atoms with Crippen molar-refractivity contribution in [2.24, 2.45) is 0 Å². The Balaban J connectivity index is 1.50. The quantitative estimate of drug-likeness (QED) is 0.745. The molecule has 0 bridgehead atoms. The summed E-state index contributed by atoms with van der Waals surface area (Å²) in [4.78, 5) is 20.3. The normalized spacial score (nSPS) is 16.9. The lowest BCUT2D eigenvalue weighted by Gasteiger charge is -2.30. The number of hydrogen-bond acceptors (Lipinski definition) is 4. The molecule has 28 heavy (non-hydrogen) atoms. The molecule has 1 N–H and O–H groups in total. The highest BCUT2D eigenvalue weighted by Gasteiger charge is 2.27. The van der Waals surface area contributed by atoms with Gasteiger partial charge in [0.1, 0.15) is 0 Å². The number of benzene rings is 2. The van der Waals surface area contributed by atoms with Gasteiger partial charge in [0.05, 0.1) is 35.7 Å². The summed E-state index contributed by atoms with van der Waals surface area (Å²) in [5, 5.41) is 4.05. The standard InChI is InChI=1S/C23H23N3O2/c27-23(25-20-7-3-4-8-22(20)26-11-13-28-14-12-26)18-15-21(16-9-10-16)24-19-6-2-1-5-17(18)19/h1-8,15-16H,9-14H2,(H,25,27). The molecule has 2 heterocycles. The summed E-state index contributed by atoms with van der Waals surface area (Å²) in [6.07, 6.45) is 2.32. The molecule has 2 aromatic carbocycles. The summed E-state index contributed by atoms with van der Waals surface area (Å²) in [5.74, 6) is 0.415. The molecule has 1 aliphatic heterocycles. The largest absolute Gasteiger partial charge is 0.378 e. The van der Waals surface area contributed by atoms with E-state index in [1.807, 2.05) is 48.5 Å². The summed E-state index contributed by atoms with van der Waals surface area (Å²) in [6.45, 7) is 3.08. The van der Waals surface area contributed by atoms with Crippen molar-refractivity contribution in [1.82, 2.24) is 4.98 Å². The first-order valence-electron chi connectivity index (χ1n) is 9.92. The third-order valence-corrected chi connectivity index (χ3v) is 5.48. The lowest BCUT2D eigenvalue weighted by atomic mass is 10.0. The summed E-state index contributed by atoms with van der Waals surface area (Å²) in [5.41, 5.74) is 4.50. The minimum atomic E-state index is -0.0822. The number of nitrogens with zero attached hydrogens (tertiary/aromatic N) is 2. The molecule has 1 aromatic heterocycles. The van der Waals surface area contributed by atoms with Gasteiger partial charge in [-0.2, -0.15) is 0 Å². The fourth-order valence-corrected chi connectivity index (χ4v) is 3.82. The van der Waals surface area contributed by atoms with Gasteiger partial charge in [-0.25, -0.2) is 0 Å². The average molecular weight is 373 g/mol. The summed E-state index contributed by atoms with van der Waals surface area (Å²) < 4.78 is 5.47. The van der Waals surface area contributed by atoms with Crippen LogP contribution in [0.3, 0.4) is 0 Å². The first kappa shape index (κ1) is 17.2. The van der Waals surface area contributed by atoms with Gasteiger partial charge in [-0.3, -0.25) is 9.78 Å². The number of morpholine rings is 1. The van der Waals surface area contributed by atoms with Gasteiger partial charge in [0.2, 0.25) is 0 Å². The predicted molar refractivity (Wildman–Crippen MR) is 111 cm³/mol. The molecule has 5 heteroatoms. The topological polar surface area (TPSA) is 54.5 Å². The number of para-hydroxylation sites is 3. The van der Waals surface area contributed by atoms with Crippen molar-refractivity contribution >= 4 is 28.2 Å². The maximum absolute atomic E-state index is 13.3. The molecule has 142 valence electrons. The molecule has 1 amide bonds. The van der Waals surface area contributed by atoms with Crippen LogP contribution in [-0.4, -0.2) is 37.2 Å². The molecule has 2 aliphatic rings. The van der Waals surface area contributed by atoms with E-state index in [0.29, 0.717) is 24.7 Å². The van der Waals surface area contributed by atoms with Gasteiger partial charge in [0.25, 0.3) is 5.91 Å². The molecule has 3 aromatic rings. The molecule has 0 unspecified atom stereocenters. The van der Waals surface area contributed by atoms with Gasteiger partial charge >= 0.3 is 0 Å². The van der Waals surface area contributed by atoms with Crippen molar-refractivity contribution in [3.63, 3.8) is 0 Å². The van der Waals surface area contributed by atoms with Gasteiger partial charge in [-0.1, -0.05) is 30.3 Å². The van der Waals surface area contributed by atoms with Crippen LogP contribution in [0.5, 0.6) is 0 Å². The van der Waals surface area contributed by atoms with E-state index in [-0.39, 0.29) is 5.91 Å². The van der Waals surface area contributed by atoms with Crippen molar-refractivity contribution < 1.29 is 9.53 Å². The maximum Gasteiger partial charge on any atom is 0.256 e. The number of carbonyl (C=O) groups excluding carboxylic acids is 1. The van der Waals surface area contributed by atoms with Crippen LogP contribution in [0.4, 0.5) is 11.4 Å².